The molecule has 1 heterocycles. The maximum atomic E-state index is 10.9. The van der Waals surface area contributed by atoms with Crippen LogP contribution in [0.5, 0.6) is 0 Å². The highest BCUT2D eigenvalue weighted by Gasteiger charge is 2.14. The van der Waals surface area contributed by atoms with Crippen molar-refractivity contribution in [1.29, 1.82) is 0 Å². The second kappa shape index (κ2) is 5.28. The number of carboxylic acids is 1. The van der Waals surface area contributed by atoms with Gasteiger partial charge in [-0.2, -0.15) is 0 Å². The Labute approximate surface area is 94.3 Å². The van der Waals surface area contributed by atoms with E-state index in [0.29, 0.717) is 17.5 Å². The monoisotopic (exact) mass is 227 g/mol. The normalized spacial score (nSPS) is 13.1. The first kappa shape index (κ1) is 12.2. The number of carbonyl (C=O) groups is 1. The molecule has 1 aromatic heterocycles. The Balaban J connectivity index is 2.72. The number of thiophene rings is 1. The highest BCUT2D eigenvalue weighted by atomic mass is 32.1. The molecule has 0 aliphatic heterocycles. The highest BCUT2D eigenvalue weighted by molar-refractivity contribution is 7.12. The molecule has 1 N–H and O–H groups in total. The van der Waals surface area contributed by atoms with Gasteiger partial charge in [0, 0.05) is 12.6 Å². The molecule has 0 amide bonds. The summed E-state index contributed by atoms with van der Waals surface area (Å²) in [7, 11) is 2.03. The zero-order valence-electron chi connectivity index (χ0n) is 9.36. The van der Waals surface area contributed by atoms with Gasteiger partial charge in [0.1, 0.15) is 4.88 Å². The van der Waals surface area contributed by atoms with Crippen LogP contribution in [-0.2, 0) is 6.54 Å². The zero-order chi connectivity index (χ0) is 11.4. The Morgan fingerprint density at radius 2 is 2.33 bits per heavy atom. The minimum absolute atomic E-state index is 0.463. The Kier molecular flexibility index (Phi) is 4.29. The van der Waals surface area contributed by atoms with Crippen molar-refractivity contribution >= 4 is 17.3 Å². The Hall–Kier alpha value is -0.870. The minimum atomic E-state index is -0.822. The summed E-state index contributed by atoms with van der Waals surface area (Å²) in [6.07, 6.45) is 1.07. The minimum Gasteiger partial charge on any atom is -0.477 e. The van der Waals surface area contributed by atoms with E-state index in [-0.39, 0.29) is 0 Å². The molecule has 84 valence electrons. The average Bonchev–Trinajstić information content (AvgIpc) is 2.64. The SMILES string of the molecule is CCC(C)N(C)Cc1ccsc1C(=O)O. The van der Waals surface area contributed by atoms with Crippen molar-refractivity contribution in [2.75, 3.05) is 7.05 Å². The molecule has 1 aromatic rings. The Morgan fingerprint density at radius 3 is 2.87 bits per heavy atom. The quantitative estimate of drug-likeness (QED) is 0.840. The molecular weight excluding hydrogens is 210 g/mol. The fourth-order valence-corrected chi connectivity index (χ4v) is 2.14. The van der Waals surface area contributed by atoms with Gasteiger partial charge in [-0.25, -0.2) is 4.79 Å². The predicted molar refractivity (Wildman–Crippen MR) is 62.5 cm³/mol. The molecule has 0 saturated carbocycles. The van der Waals surface area contributed by atoms with Crippen LogP contribution in [-0.4, -0.2) is 29.1 Å². The Bertz CT molecular complexity index is 335. The molecule has 4 heteroatoms. The summed E-state index contributed by atoms with van der Waals surface area (Å²) in [5, 5.41) is 10.8. The summed E-state index contributed by atoms with van der Waals surface area (Å²) < 4.78 is 0. The van der Waals surface area contributed by atoms with Crippen molar-refractivity contribution in [2.24, 2.45) is 0 Å². The lowest BCUT2D eigenvalue weighted by Gasteiger charge is -2.23. The van der Waals surface area contributed by atoms with Gasteiger partial charge in [-0.3, -0.25) is 4.90 Å². The first-order chi connectivity index (χ1) is 7.06. The van der Waals surface area contributed by atoms with Gasteiger partial charge in [-0.15, -0.1) is 11.3 Å². The van der Waals surface area contributed by atoms with Crippen molar-refractivity contribution in [1.82, 2.24) is 4.90 Å². The molecule has 0 radical (unpaired) electrons. The summed E-state index contributed by atoms with van der Waals surface area (Å²) in [6, 6.07) is 2.37. The summed E-state index contributed by atoms with van der Waals surface area (Å²) in [5.41, 5.74) is 0.912. The molecule has 0 bridgehead atoms. The van der Waals surface area contributed by atoms with Crippen molar-refractivity contribution in [3.8, 4) is 0 Å². The molecule has 0 aliphatic carbocycles. The van der Waals surface area contributed by atoms with Crippen LogP contribution in [0.1, 0.15) is 35.5 Å². The van der Waals surface area contributed by atoms with Gasteiger partial charge >= 0.3 is 5.97 Å². The van der Waals surface area contributed by atoms with Gasteiger partial charge < -0.3 is 5.11 Å². The number of rotatable bonds is 5. The fraction of sp³-hybridized carbons (Fsp3) is 0.545. The largest absolute Gasteiger partial charge is 0.477 e. The maximum absolute atomic E-state index is 10.9. The van der Waals surface area contributed by atoms with E-state index in [1.54, 1.807) is 0 Å². The maximum Gasteiger partial charge on any atom is 0.346 e. The van der Waals surface area contributed by atoms with Gasteiger partial charge in [-0.05, 0) is 37.4 Å². The van der Waals surface area contributed by atoms with Crippen LogP contribution in [0.15, 0.2) is 11.4 Å². The Morgan fingerprint density at radius 1 is 1.67 bits per heavy atom. The molecule has 0 saturated heterocycles. The first-order valence-electron chi connectivity index (χ1n) is 5.06. The van der Waals surface area contributed by atoms with Gasteiger partial charge in [0.05, 0.1) is 0 Å². The van der Waals surface area contributed by atoms with Crippen LogP contribution in [0.25, 0.3) is 0 Å². The molecule has 1 unspecified atom stereocenters. The number of nitrogens with zero attached hydrogens (tertiary/aromatic N) is 1. The third-order valence-electron chi connectivity index (χ3n) is 2.70. The zero-order valence-corrected chi connectivity index (χ0v) is 10.2. The van der Waals surface area contributed by atoms with E-state index < -0.39 is 5.97 Å². The van der Waals surface area contributed by atoms with Crippen molar-refractivity contribution in [2.45, 2.75) is 32.9 Å². The van der Waals surface area contributed by atoms with E-state index in [1.807, 2.05) is 18.5 Å². The van der Waals surface area contributed by atoms with E-state index in [9.17, 15) is 4.79 Å². The lowest BCUT2D eigenvalue weighted by atomic mass is 10.2. The molecule has 1 atom stereocenters. The van der Waals surface area contributed by atoms with Gasteiger partial charge in [0.15, 0.2) is 0 Å². The molecule has 0 spiro atoms. The van der Waals surface area contributed by atoms with Crippen molar-refractivity contribution in [3.05, 3.63) is 21.9 Å². The third-order valence-corrected chi connectivity index (χ3v) is 3.65. The average molecular weight is 227 g/mol. The van der Waals surface area contributed by atoms with Gasteiger partial charge in [-0.1, -0.05) is 6.92 Å². The van der Waals surface area contributed by atoms with Crippen LogP contribution >= 0.6 is 11.3 Å². The van der Waals surface area contributed by atoms with E-state index >= 15 is 0 Å². The number of carboxylic acid groups (broad SMARTS) is 1. The molecule has 15 heavy (non-hydrogen) atoms. The van der Waals surface area contributed by atoms with Crippen LogP contribution in [0.4, 0.5) is 0 Å². The van der Waals surface area contributed by atoms with E-state index in [2.05, 4.69) is 18.7 Å². The highest BCUT2D eigenvalue weighted by Crippen LogP contribution is 2.19. The second-order valence-corrected chi connectivity index (χ2v) is 4.67. The van der Waals surface area contributed by atoms with Crippen LogP contribution < -0.4 is 0 Å². The lowest BCUT2D eigenvalue weighted by molar-refractivity contribution is 0.0700. The molecule has 0 fully saturated rings. The molecule has 0 aliphatic rings. The van der Waals surface area contributed by atoms with Crippen molar-refractivity contribution in [3.63, 3.8) is 0 Å². The van der Waals surface area contributed by atoms with E-state index in [1.165, 1.54) is 11.3 Å². The van der Waals surface area contributed by atoms with E-state index in [4.69, 9.17) is 5.11 Å². The fourth-order valence-electron chi connectivity index (χ4n) is 1.38. The smallest absolute Gasteiger partial charge is 0.346 e. The molecule has 0 aromatic carbocycles. The summed E-state index contributed by atoms with van der Waals surface area (Å²) >= 11 is 1.29. The number of hydrogen-bond acceptors (Lipinski definition) is 3. The summed E-state index contributed by atoms with van der Waals surface area (Å²) in [6.45, 7) is 4.99. The second-order valence-electron chi connectivity index (χ2n) is 3.75. The van der Waals surface area contributed by atoms with Crippen molar-refractivity contribution < 1.29 is 9.90 Å². The van der Waals surface area contributed by atoms with Gasteiger partial charge in [0.25, 0.3) is 0 Å². The molecule has 1 rings (SSSR count). The first-order valence-corrected chi connectivity index (χ1v) is 5.94. The van der Waals surface area contributed by atoms with Crippen LogP contribution in [0, 0.1) is 0 Å². The topological polar surface area (TPSA) is 40.5 Å². The molecule has 3 nitrogen and oxygen atoms in total. The third kappa shape index (κ3) is 3.04. The van der Waals surface area contributed by atoms with Crippen LogP contribution in [0.3, 0.4) is 0 Å². The lowest BCUT2D eigenvalue weighted by Crippen LogP contribution is -2.28. The summed E-state index contributed by atoms with van der Waals surface area (Å²) in [4.78, 5) is 13.5. The number of hydrogen-bond donors (Lipinski definition) is 1. The summed E-state index contributed by atoms with van der Waals surface area (Å²) in [5.74, 6) is -0.822. The van der Waals surface area contributed by atoms with E-state index in [0.717, 1.165) is 12.0 Å². The molecular formula is C11H17NO2S. The van der Waals surface area contributed by atoms with Crippen LogP contribution in [0.2, 0.25) is 0 Å². The number of aromatic carboxylic acids is 1. The van der Waals surface area contributed by atoms with Gasteiger partial charge in [0.2, 0.25) is 0 Å². The standard InChI is InChI=1S/C11H17NO2S/c1-4-8(2)12(3)7-9-5-6-15-10(9)11(13)14/h5-6,8H,4,7H2,1-3H3,(H,13,14). The predicted octanol–water partition coefficient (Wildman–Crippen LogP) is 2.68.